The van der Waals surface area contributed by atoms with Crippen molar-refractivity contribution in [2.24, 2.45) is 5.92 Å². The summed E-state index contributed by atoms with van der Waals surface area (Å²) in [6.45, 7) is 1.05. The number of rotatable bonds is 5. The van der Waals surface area contributed by atoms with Gasteiger partial charge in [0, 0.05) is 18.5 Å². The lowest BCUT2D eigenvalue weighted by atomic mass is 10.00. The summed E-state index contributed by atoms with van der Waals surface area (Å²) in [5.74, 6) is -1.17. The topological polar surface area (TPSA) is 78.4 Å². The summed E-state index contributed by atoms with van der Waals surface area (Å²) in [5.41, 5.74) is 0. The number of hydrogen-bond donors (Lipinski definition) is 3. The molecule has 0 bridgehead atoms. The Morgan fingerprint density at radius 3 is 2.68 bits per heavy atom. The Morgan fingerprint density at radius 1 is 1.16 bits per heavy atom. The van der Waals surface area contributed by atoms with Gasteiger partial charge in [-0.25, -0.2) is 0 Å². The number of hydrogen-bond acceptors (Lipinski definition) is 3. The summed E-state index contributed by atoms with van der Waals surface area (Å²) in [4.78, 5) is 22.9. The van der Waals surface area contributed by atoms with Crippen LogP contribution in [0.4, 0.5) is 0 Å². The van der Waals surface area contributed by atoms with Crippen molar-refractivity contribution in [1.82, 2.24) is 10.6 Å². The molecule has 0 aromatic carbocycles. The summed E-state index contributed by atoms with van der Waals surface area (Å²) in [6, 6.07) is 0.294. The van der Waals surface area contributed by atoms with Crippen LogP contribution in [0.1, 0.15) is 51.4 Å². The standard InChI is InChI=1S/C14H24N2O3/c17-13(8-7-10-4-1-2-9-15-10)16-12-6-3-5-11(12)14(18)19/h10-12,15H,1-9H2,(H,16,17)(H,18,19). The Balaban J connectivity index is 1.70. The van der Waals surface area contributed by atoms with Gasteiger partial charge in [-0.2, -0.15) is 0 Å². The number of carboxylic acid groups (broad SMARTS) is 1. The lowest BCUT2D eigenvalue weighted by molar-refractivity contribution is -0.142. The van der Waals surface area contributed by atoms with E-state index in [-0.39, 0.29) is 11.9 Å². The Bertz CT molecular complexity index is 327. The van der Waals surface area contributed by atoms with E-state index in [0.717, 1.165) is 32.2 Å². The van der Waals surface area contributed by atoms with Crippen molar-refractivity contribution in [3.63, 3.8) is 0 Å². The minimum atomic E-state index is -0.781. The average molecular weight is 268 g/mol. The minimum absolute atomic E-state index is 0.00511. The van der Waals surface area contributed by atoms with Crippen molar-refractivity contribution in [2.75, 3.05) is 6.54 Å². The summed E-state index contributed by atoms with van der Waals surface area (Å²) in [6.07, 6.45) is 7.35. The Kier molecular flexibility index (Phi) is 5.19. The molecule has 3 unspecified atom stereocenters. The highest BCUT2D eigenvalue weighted by atomic mass is 16.4. The Hall–Kier alpha value is -1.10. The first-order valence-corrected chi connectivity index (χ1v) is 7.42. The molecule has 1 saturated carbocycles. The number of carbonyl (C=O) groups excluding carboxylic acids is 1. The van der Waals surface area contributed by atoms with E-state index in [1.165, 1.54) is 12.8 Å². The van der Waals surface area contributed by atoms with Gasteiger partial charge in [0.05, 0.1) is 5.92 Å². The fourth-order valence-electron chi connectivity index (χ4n) is 3.18. The zero-order valence-electron chi connectivity index (χ0n) is 11.4. The third-order valence-electron chi connectivity index (χ3n) is 4.31. The zero-order valence-corrected chi connectivity index (χ0v) is 11.4. The highest BCUT2D eigenvalue weighted by Gasteiger charge is 2.33. The van der Waals surface area contributed by atoms with E-state index in [4.69, 9.17) is 5.11 Å². The van der Waals surface area contributed by atoms with Gasteiger partial charge >= 0.3 is 5.97 Å². The van der Waals surface area contributed by atoms with Crippen LogP contribution in [0.15, 0.2) is 0 Å². The van der Waals surface area contributed by atoms with Gasteiger partial charge in [0.15, 0.2) is 0 Å². The normalized spacial score (nSPS) is 31.1. The number of aliphatic carboxylic acids is 1. The van der Waals surface area contributed by atoms with Crippen LogP contribution in [-0.4, -0.2) is 35.6 Å². The predicted octanol–water partition coefficient (Wildman–Crippen LogP) is 1.28. The van der Waals surface area contributed by atoms with E-state index >= 15 is 0 Å². The molecule has 1 amide bonds. The summed E-state index contributed by atoms with van der Waals surface area (Å²) in [5, 5.41) is 15.4. The lowest BCUT2D eigenvalue weighted by Gasteiger charge is -2.23. The second-order valence-corrected chi connectivity index (χ2v) is 5.74. The fraction of sp³-hybridized carbons (Fsp3) is 0.857. The third-order valence-corrected chi connectivity index (χ3v) is 4.31. The first-order chi connectivity index (χ1) is 9.16. The first-order valence-electron chi connectivity index (χ1n) is 7.42. The van der Waals surface area contributed by atoms with Crippen LogP contribution >= 0.6 is 0 Å². The van der Waals surface area contributed by atoms with Crippen molar-refractivity contribution in [1.29, 1.82) is 0 Å². The molecule has 2 fully saturated rings. The minimum Gasteiger partial charge on any atom is -0.481 e. The molecule has 0 aromatic rings. The molecule has 3 atom stereocenters. The molecule has 1 aliphatic carbocycles. The van der Waals surface area contributed by atoms with Crippen molar-refractivity contribution in [3.05, 3.63) is 0 Å². The van der Waals surface area contributed by atoms with Crippen LogP contribution in [0.5, 0.6) is 0 Å². The number of nitrogens with one attached hydrogen (secondary N) is 2. The van der Waals surface area contributed by atoms with Crippen molar-refractivity contribution < 1.29 is 14.7 Å². The highest BCUT2D eigenvalue weighted by molar-refractivity contribution is 5.78. The Morgan fingerprint density at radius 2 is 2.00 bits per heavy atom. The molecule has 0 spiro atoms. The Labute approximate surface area is 114 Å². The molecular weight excluding hydrogens is 244 g/mol. The van der Waals surface area contributed by atoms with Gasteiger partial charge in [-0.15, -0.1) is 0 Å². The molecule has 5 nitrogen and oxygen atoms in total. The molecule has 19 heavy (non-hydrogen) atoms. The maximum atomic E-state index is 11.9. The van der Waals surface area contributed by atoms with Gasteiger partial charge in [-0.3, -0.25) is 9.59 Å². The lowest BCUT2D eigenvalue weighted by Crippen LogP contribution is -2.41. The van der Waals surface area contributed by atoms with Gasteiger partial charge in [0.2, 0.25) is 5.91 Å². The molecule has 2 rings (SSSR count). The van der Waals surface area contributed by atoms with Gasteiger partial charge in [-0.05, 0) is 38.6 Å². The predicted molar refractivity (Wildman–Crippen MR) is 71.8 cm³/mol. The van der Waals surface area contributed by atoms with E-state index in [2.05, 4.69) is 10.6 Å². The van der Waals surface area contributed by atoms with E-state index < -0.39 is 11.9 Å². The summed E-state index contributed by atoms with van der Waals surface area (Å²) < 4.78 is 0. The highest BCUT2D eigenvalue weighted by Crippen LogP contribution is 2.26. The smallest absolute Gasteiger partial charge is 0.308 e. The SMILES string of the molecule is O=C(CCC1CCCCN1)NC1CCCC1C(=O)O. The molecule has 5 heteroatoms. The van der Waals surface area contributed by atoms with Gasteiger partial charge < -0.3 is 15.7 Å². The first kappa shape index (κ1) is 14.3. The molecule has 0 aromatic heterocycles. The van der Waals surface area contributed by atoms with Crippen molar-refractivity contribution in [2.45, 2.75) is 63.5 Å². The van der Waals surface area contributed by atoms with Crippen LogP contribution in [0.3, 0.4) is 0 Å². The quantitative estimate of drug-likeness (QED) is 0.702. The number of carboxylic acids is 1. The van der Waals surface area contributed by atoms with Gasteiger partial charge in [0.1, 0.15) is 0 Å². The van der Waals surface area contributed by atoms with Gasteiger partial charge in [-0.1, -0.05) is 12.8 Å². The van der Waals surface area contributed by atoms with E-state index in [1.54, 1.807) is 0 Å². The van der Waals surface area contributed by atoms with Crippen LogP contribution < -0.4 is 10.6 Å². The zero-order chi connectivity index (χ0) is 13.7. The van der Waals surface area contributed by atoms with Crippen molar-refractivity contribution in [3.8, 4) is 0 Å². The van der Waals surface area contributed by atoms with E-state index in [9.17, 15) is 9.59 Å². The fourth-order valence-corrected chi connectivity index (χ4v) is 3.18. The van der Waals surface area contributed by atoms with E-state index in [1.807, 2.05) is 0 Å². The number of piperidine rings is 1. The molecule has 1 aliphatic heterocycles. The monoisotopic (exact) mass is 268 g/mol. The average Bonchev–Trinajstić information content (AvgIpc) is 2.86. The van der Waals surface area contributed by atoms with Crippen LogP contribution in [-0.2, 0) is 9.59 Å². The molecule has 3 N–H and O–H groups in total. The second-order valence-electron chi connectivity index (χ2n) is 5.74. The third kappa shape index (κ3) is 4.20. The summed E-state index contributed by atoms with van der Waals surface area (Å²) in [7, 11) is 0. The maximum absolute atomic E-state index is 11.9. The summed E-state index contributed by atoms with van der Waals surface area (Å²) >= 11 is 0. The molecule has 0 radical (unpaired) electrons. The molecule has 1 heterocycles. The van der Waals surface area contributed by atoms with E-state index in [0.29, 0.717) is 18.9 Å². The van der Waals surface area contributed by atoms with Crippen LogP contribution in [0.25, 0.3) is 0 Å². The number of carbonyl (C=O) groups is 2. The van der Waals surface area contributed by atoms with Gasteiger partial charge in [0.25, 0.3) is 0 Å². The van der Waals surface area contributed by atoms with Crippen LogP contribution in [0, 0.1) is 5.92 Å². The maximum Gasteiger partial charge on any atom is 0.308 e. The molecule has 2 aliphatic rings. The largest absolute Gasteiger partial charge is 0.481 e. The van der Waals surface area contributed by atoms with Crippen molar-refractivity contribution >= 4 is 11.9 Å². The molecule has 1 saturated heterocycles. The van der Waals surface area contributed by atoms with Crippen LogP contribution in [0.2, 0.25) is 0 Å². The molecular formula is C14H24N2O3. The number of amides is 1. The molecule has 108 valence electrons. The second kappa shape index (κ2) is 6.89.